The van der Waals surface area contributed by atoms with Crippen molar-refractivity contribution in [3.63, 3.8) is 0 Å². The van der Waals surface area contributed by atoms with Crippen LogP contribution < -0.4 is 5.32 Å². The fourth-order valence-electron chi connectivity index (χ4n) is 1.94. The van der Waals surface area contributed by atoms with E-state index in [0.29, 0.717) is 22.5 Å². The molecule has 3 aromatic rings. The Balaban J connectivity index is 1.83. The Hall–Kier alpha value is -3.09. The van der Waals surface area contributed by atoms with Gasteiger partial charge in [-0.05, 0) is 53.2 Å². The lowest BCUT2D eigenvalue weighted by molar-refractivity contribution is 0.102. The number of halogens is 1. The molecule has 110 valence electrons. The van der Waals surface area contributed by atoms with Crippen molar-refractivity contribution in [2.24, 2.45) is 0 Å². The van der Waals surface area contributed by atoms with Crippen molar-refractivity contribution in [3.8, 4) is 5.69 Å². The molecule has 1 aromatic heterocycles. The van der Waals surface area contributed by atoms with Crippen LogP contribution in [0.1, 0.15) is 15.9 Å². The second kappa shape index (κ2) is 5.72. The van der Waals surface area contributed by atoms with Gasteiger partial charge >= 0.3 is 0 Å². The van der Waals surface area contributed by atoms with Crippen molar-refractivity contribution in [1.82, 2.24) is 20.2 Å². The molecule has 0 spiro atoms. The summed E-state index contributed by atoms with van der Waals surface area (Å²) in [6, 6.07) is 11.4. The highest BCUT2D eigenvalue weighted by molar-refractivity contribution is 6.04. The fourth-order valence-corrected chi connectivity index (χ4v) is 1.94. The summed E-state index contributed by atoms with van der Waals surface area (Å²) in [6.07, 6.45) is 1.44. The highest BCUT2D eigenvalue weighted by Gasteiger charge is 2.09. The Kier molecular flexibility index (Phi) is 3.61. The molecular formula is C15H12FN5O. The molecule has 0 radical (unpaired) electrons. The first-order valence-corrected chi connectivity index (χ1v) is 6.54. The van der Waals surface area contributed by atoms with Crippen LogP contribution in [0.3, 0.4) is 0 Å². The highest BCUT2D eigenvalue weighted by Crippen LogP contribution is 2.16. The van der Waals surface area contributed by atoms with E-state index in [1.807, 2.05) is 0 Å². The SMILES string of the molecule is Cc1ccc(NC(=O)c2cccc(-n3cnnn3)c2)cc1F. The number of hydrogen-bond donors (Lipinski definition) is 1. The van der Waals surface area contributed by atoms with Gasteiger partial charge < -0.3 is 5.32 Å². The van der Waals surface area contributed by atoms with Crippen molar-refractivity contribution in [2.45, 2.75) is 6.92 Å². The molecule has 1 amide bonds. The number of tetrazole rings is 1. The van der Waals surface area contributed by atoms with Crippen LogP contribution in [-0.4, -0.2) is 26.1 Å². The monoisotopic (exact) mass is 297 g/mol. The average molecular weight is 297 g/mol. The molecule has 0 aliphatic carbocycles. The van der Waals surface area contributed by atoms with Gasteiger partial charge in [-0.2, -0.15) is 0 Å². The average Bonchev–Trinajstić information content (AvgIpc) is 3.05. The van der Waals surface area contributed by atoms with Gasteiger partial charge in [0.2, 0.25) is 0 Å². The van der Waals surface area contributed by atoms with Gasteiger partial charge in [0.05, 0.1) is 5.69 Å². The smallest absolute Gasteiger partial charge is 0.255 e. The molecule has 0 bridgehead atoms. The van der Waals surface area contributed by atoms with Gasteiger partial charge in [-0.15, -0.1) is 5.10 Å². The Morgan fingerprint density at radius 1 is 1.23 bits per heavy atom. The number of aryl methyl sites for hydroxylation is 1. The molecule has 0 aliphatic heterocycles. The minimum atomic E-state index is -0.361. The van der Waals surface area contributed by atoms with Crippen LogP contribution >= 0.6 is 0 Å². The van der Waals surface area contributed by atoms with Crippen molar-refractivity contribution in [2.75, 3.05) is 5.32 Å². The van der Waals surface area contributed by atoms with Gasteiger partial charge in [-0.1, -0.05) is 12.1 Å². The van der Waals surface area contributed by atoms with Crippen LogP contribution in [0.4, 0.5) is 10.1 Å². The van der Waals surface area contributed by atoms with Crippen LogP contribution in [0.15, 0.2) is 48.8 Å². The molecule has 22 heavy (non-hydrogen) atoms. The Morgan fingerprint density at radius 3 is 2.82 bits per heavy atom. The van der Waals surface area contributed by atoms with E-state index >= 15 is 0 Å². The van der Waals surface area contributed by atoms with Crippen molar-refractivity contribution < 1.29 is 9.18 Å². The second-order valence-electron chi connectivity index (χ2n) is 4.72. The summed E-state index contributed by atoms with van der Waals surface area (Å²) in [5.74, 6) is -0.696. The number of nitrogens with zero attached hydrogens (tertiary/aromatic N) is 4. The first-order chi connectivity index (χ1) is 10.6. The lowest BCUT2D eigenvalue weighted by Gasteiger charge is -2.07. The van der Waals surface area contributed by atoms with Gasteiger partial charge in [0.15, 0.2) is 0 Å². The maximum absolute atomic E-state index is 13.5. The van der Waals surface area contributed by atoms with E-state index < -0.39 is 0 Å². The van der Waals surface area contributed by atoms with Crippen LogP contribution in [0.25, 0.3) is 5.69 Å². The third-order valence-corrected chi connectivity index (χ3v) is 3.15. The summed E-state index contributed by atoms with van der Waals surface area (Å²) >= 11 is 0. The quantitative estimate of drug-likeness (QED) is 0.805. The topological polar surface area (TPSA) is 72.7 Å². The Labute approximate surface area is 125 Å². The van der Waals surface area contributed by atoms with E-state index in [9.17, 15) is 9.18 Å². The molecule has 1 heterocycles. The standard InChI is InChI=1S/C15H12FN5O/c1-10-5-6-12(8-14(10)16)18-15(22)11-3-2-4-13(7-11)21-9-17-19-20-21/h2-9H,1H3,(H,18,22). The molecular weight excluding hydrogens is 285 g/mol. The normalized spacial score (nSPS) is 10.5. The van der Waals surface area contributed by atoms with E-state index in [0.717, 1.165) is 0 Å². The molecule has 1 N–H and O–H groups in total. The number of anilines is 1. The third-order valence-electron chi connectivity index (χ3n) is 3.15. The lowest BCUT2D eigenvalue weighted by atomic mass is 10.1. The summed E-state index contributed by atoms with van der Waals surface area (Å²) in [5, 5.41) is 13.5. The predicted molar refractivity (Wildman–Crippen MR) is 78.2 cm³/mol. The summed E-state index contributed by atoms with van der Waals surface area (Å²) in [6.45, 7) is 1.66. The molecule has 0 unspecified atom stereocenters. The first-order valence-electron chi connectivity index (χ1n) is 6.54. The van der Waals surface area contributed by atoms with Gasteiger partial charge in [0, 0.05) is 11.3 Å². The number of carbonyl (C=O) groups excluding carboxylic acids is 1. The van der Waals surface area contributed by atoms with Gasteiger partial charge in [0.25, 0.3) is 5.91 Å². The van der Waals surface area contributed by atoms with Crippen molar-refractivity contribution >= 4 is 11.6 Å². The van der Waals surface area contributed by atoms with E-state index in [-0.39, 0.29) is 11.7 Å². The van der Waals surface area contributed by atoms with Gasteiger partial charge in [-0.3, -0.25) is 4.79 Å². The number of aromatic nitrogens is 4. The van der Waals surface area contributed by atoms with E-state index in [1.165, 1.54) is 17.1 Å². The predicted octanol–water partition coefficient (Wildman–Crippen LogP) is 2.36. The molecule has 6 nitrogen and oxygen atoms in total. The van der Waals surface area contributed by atoms with Crippen LogP contribution in [-0.2, 0) is 0 Å². The Morgan fingerprint density at radius 2 is 2.09 bits per heavy atom. The van der Waals surface area contributed by atoms with E-state index in [4.69, 9.17) is 0 Å². The number of rotatable bonds is 3. The zero-order valence-electron chi connectivity index (χ0n) is 11.7. The largest absolute Gasteiger partial charge is 0.322 e. The summed E-state index contributed by atoms with van der Waals surface area (Å²) in [5.41, 5.74) is 2.02. The van der Waals surface area contributed by atoms with Crippen LogP contribution in [0.5, 0.6) is 0 Å². The molecule has 3 rings (SSSR count). The molecule has 0 atom stereocenters. The zero-order valence-corrected chi connectivity index (χ0v) is 11.7. The van der Waals surface area contributed by atoms with Crippen molar-refractivity contribution in [1.29, 1.82) is 0 Å². The maximum atomic E-state index is 13.5. The van der Waals surface area contributed by atoms with Gasteiger partial charge in [0.1, 0.15) is 12.1 Å². The molecule has 0 aliphatic rings. The molecule has 0 saturated carbocycles. The summed E-state index contributed by atoms with van der Waals surface area (Å²) in [4.78, 5) is 12.2. The fraction of sp³-hybridized carbons (Fsp3) is 0.0667. The number of amides is 1. The van der Waals surface area contributed by atoms with E-state index in [2.05, 4.69) is 20.8 Å². The third kappa shape index (κ3) is 2.83. The lowest BCUT2D eigenvalue weighted by Crippen LogP contribution is -2.12. The number of hydrogen-bond acceptors (Lipinski definition) is 4. The molecule has 2 aromatic carbocycles. The van der Waals surface area contributed by atoms with Crippen LogP contribution in [0.2, 0.25) is 0 Å². The minimum absolute atomic E-state index is 0.335. The van der Waals surface area contributed by atoms with Gasteiger partial charge in [-0.25, -0.2) is 9.07 Å². The first kappa shape index (κ1) is 13.9. The van der Waals surface area contributed by atoms with Crippen LogP contribution in [0, 0.1) is 12.7 Å². The van der Waals surface area contributed by atoms with E-state index in [1.54, 1.807) is 43.3 Å². The molecule has 7 heteroatoms. The summed E-state index contributed by atoms with van der Waals surface area (Å²) in [7, 11) is 0. The zero-order chi connectivity index (χ0) is 15.5. The number of carbonyl (C=O) groups is 1. The summed E-state index contributed by atoms with van der Waals surface area (Å²) < 4.78 is 15.0. The molecule has 0 fully saturated rings. The Bertz CT molecular complexity index is 817. The number of benzene rings is 2. The number of nitrogens with one attached hydrogen (secondary N) is 1. The minimum Gasteiger partial charge on any atom is -0.322 e. The molecule has 0 saturated heterocycles. The highest BCUT2D eigenvalue weighted by atomic mass is 19.1. The van der Waals surface area contributed by atoms with Crippen molar-refractivity contribution in [3.05, 3.63) is 65.7 Å². The maximum Gasteiger partial charge on any atom is 0.255 e. The second-order valence-corrected chi connectivity index (χ2v) is 4.72.